The van der Waals surface area contributed by atoms with Crippen LogP contribution in [0.25, 0.3) is 17.0 Å². The molecule has 0 saturated carbocycles. The van der Waals surface area contributed by atoms with Gasteiger partial charge in [0.2, 0.25) is 0 Å². The number of benzene rings is 1. The summed E-state index contributed by atoms with van der Waals surface area (Å²) in [6, 6.07) is 5.26. The van der Waals surface area contributed by atoms with Gasteiger partial charge in [-0.25, -0.2) is 0 Å². The van der Waals surface area contributed by atoms with E-state index in [1.807, 2.05) is 13.0 Å². The van der Waals surface area contributed by atoms with Crippen molar-refractivity contribution in [3.05, 3.63) is 35.6 Å². The normalized spacial score (nSPS) is 15.0. The van der Waals surface area contributed by atoms with Crippen LogP contribution >= 0.6 is 0 Å². The van der Waals surface area contributed by atoms with Gasteiger partial charge < -0.3 is 14.3 Å². The summed E-state index contributed by atoms with van der Waals surface area (Å²) in [6.07, 6.45) is 3.16. The summed E-state index contributed by atoms with van der Waals surface area (Å²) in [7, 11) is -2.52. The predicted molar refractivity (Wildman–Crippen MR) is 63.6 cm³/mol. The minimum Gasteiger partial charge on any atom is -0.493 e. The molecular formula is C13H14O3. The van der Waals surface area contributed by atoms with E-state index in [1.54, 1.807) is 18.2 Å². The van der Waals surface area contributed by atoms with Crippen molar-refractivity contribution in [2.75, 3.05) is 13.6 Å². The second-order valence-corrected chi connectivity index (χ2v) is 3.52. The van der Waals surface area contributed by atoms with Crippen molar-refractivity contribution in [2.45, 2.75) is 6.92 Å². The number of fused-ring (bicyclic) bond motifs is 1. The molecule has 1 aromatic heterocycles. The highest BCUT2D eigenvalue weighted by molar-refractivity contribution is 5.86. The lowest BCUT2D eigenvalue weighted by atomic mass is 10.1. The standard InChI is InChI=1S/C13H14O3/c1-9-6-10-8-11(4-3-5-14)16-13(10)12(7-9)15-2/h3-4,6-8,14H,5H2,1-2H3/b4-3+/i2D3. The van der Waals surface area contributed by atoms with E-state index in [0.717, 1.165) is 10.9 Å². The van der Waals surface area contributed by atoms with Crippen LogP contribution in [0.3, 0.4) is 0 Å². The summed E-state index contributed by atoms with van der Waals surface area (Å²) in [5.41, 5.74) is 1.27. The van der Waals surface area contributed by atoms with Crippen molar-refractivity contribution in [3.63, 3.8) is 0 Å². The van der Waals surface area contributed by atoms with Gasteiger partial charge in [-0.2, -0.15) is 0 Å². The highest BCUT2D eigenvalue weighted by atomic mass is 16.5. The van der Waals surface area contributed by atoms with Crippen LogP contribution < -0.4 is 4.74 Å². The van der Waals surface area contributed by atoms with Gasteiger partial charge in [-0.1, -0.05) is 6.08 Å². The summed E-state index contributed by atoms with van der Waals surface area (Å²) in [5.74, 6) is 0.726. The molecule has 0 atom stereocenters. The van der Waals surface area contributed by atoms with Crippen LogP contribution in [0.15, 0.2) is 28.7 Å². The van der Waals surface area contributed by atoms with E-state index in [4.69, 9.17) is 18.4 Å². The highest BCUT2D eigenvalue weighted by Gasteiger charge is 2.08. The van der Waals surface area contributed by atoms with Crippen molar-refractivity contribution in [3.8, 4) is 5.75 Å². The van der Waals surface area contributed by atoms with E-state index in [2.05, 4.69) is 0 Å². The molecule has 0 saturated heterocycles. The first-order chi connectivity index (χ1) is 8.89. The molecule has 84 valence electrons. The van der Waals surface area contributed by atoms with Crippen molar-refractivity contribution in [1.82, 2.24) is 0 Å². The maximum atomic E-state index is 8.73. The number of rotatable bonds is 3. The molecule has 16 heavy (non-hydrogen) atoms. The Labute approximate surface area is 98.2 Å². The van der Waals surface area contributed by atoms with E-state index in [0.29, 0.717) is 11.3 Å². The summed E-state index contributed by atoms with van der Waals surface area (Å²) in [6.45, 7) is 1.76. The zero-order valence-electron chi connectivity index (χ0n) is 11.9. The molecule has 0 unspecified atom stereocenters. The largest absolute Gasteiger partial charge is 0.493 e. The minimum absolute atomic E-state index is 0.0886. The molecule has 0 amide bonds. The van der Waals surface area contributed by atoms with Gasteiger partial charge in [-0.15, -0.1) is 0 Å². The van der Waals surface area contributed by atoms with Gasteiger partial charge in [0.15, 0.2) is 11.3 Å². The Balaban J connectivity index is 2.50. The molecule has 0 aliphatic heterocycles. The molecule has 0 aliphatic rings. The molecule has 2 aromatic rings. The molecule has 0 aliphatic carbocycles. The van der Waals surface area contributed by atoms with Crippen molar-refractivity contribution < 1.29 is 18.4 Å². The number of aliphatic hydroxyl groups excluding tert-OH is 1. The lowest BCUT2D eigenvalue weighted by molar-refractivity contribution is 0.343. The van der Waals surface area contributed by atoms with E-state index < -0.39 is 7.04 Å². The van der Waals surface area contributed by atoms with Crippen molar-refractivity contribution in [1.29, 1.82) is 0 Å². The van der Waals surface area contributed by atoms with E-state index >= 15 is 0 Å². The fraction of sp³-hybridized carbons (Fsp3) is 0.231. The maximum Gasteiger partial charge on any atom is 0.176 e. The predicted octanol–water partition coefficient (Wildman–Crippen LogP) is 2.76. The molecular weight excluding hydrogens is 204 g/mol. The van der Waals surface area contributed by atoms with E-state index in [1.165, 1.54) is 6.08 Å². The third-order valence-corrected chi connectivity index (χ3v) is 2.24. The number of furan rings is 1. The van der Waals surface area contributed by atoms with Crippen molar-refractivity contribution >= 4 is 17.0 Å². The topological polar surface area (TPSA) is 42.6 Å². The number of aryl methyl sites for hydroxylation is 1. The molecule has 3 heteroatoms. The van der Waals surface area contributed by atoms with Crippen LogP contribution in [0.4, 0.5) is 0 Å². The molecule has 0 fully saturated rings. The van der Waals surface area contributed by atoms with Crippen LogP contribution in [0.2, 0.25) is 0 Å². The lowest BCUT2D eigenvalue weighted by Gasteiger charge is -2.01. The monoisotopic (exact) mass is 221 g/mol. The van der Waals surface area contributed by atoms with Gasteiger partial charge in [0, 0.05) is 5.39 Å². The SMILES string of the molecule is [2H]C([2H])([2H])Oc1cc(C)cc2cc(/C=C/CO)oc12. The van der Waals surface area contributed by atoms with Crippen molar-refractivity contribution in [2.24, 2.45) is 0 Å². The molecule has 1 N–H and O–H groups in total. The smallest absolute Gasteiger partial charge is 0.176 e. The Kier molecular flexibility index (Phi) is 2.07. The lowest BCUT2D eigenvalue weighted by Crippen LogP contribution is -1.83. The number of methoxy groups -OCH3 is 1. The first-order valence-corrected chi connectivity index (χ1v) is 4.90. The summed E-state index contributed by atoms with van der Waals surface area (Å²) in [4.78, 5) is 0. The Morgan fingerprint density at radius 3 is 3.12 bits per heavy atom. The van der Waals surface area contributed by atoms with E-state index in [-0.39, 0.29) is 12.4 Å². The van der Waals surface area contributed by atoms with Crippen LogP contribution in [-0.4, -0.2) is 18.8 Å². The molecule has 0 radical (unpaired) electrons. The van der Waals surface area contributed by atoms with E-state index in [9.17, 15) is 0 Å². The number of ether oxygens (including phenoxy) is 1. The third-order valence-electron chi connectivity index (χ3n) is 2.24. The summed E-state index contributed by atoms with van der Waals surface area (Å²) >= 11 is 0. The summed E-state index contributed by atoms with van der Waals surface area (Å²) in [5, 5.41) is 9.49. The average molecular weight is 221 g/mol. The third kappa shape index (κ3) is 1.95. The zero-order chi connectivity index (χ0) is 14.0. The molecule has 2 rings (SSSR count). The average Bonchev–Trinajstić information content (AvgIpc) is 2.67. The molecule has 0 bridgehead atoms. The van der Waals surface area contributed by atoms with Crippen LogP contribution in [-0.2, 0) is 0 Å². The molecule has 3 nitrogen and oxygen atoms in total. The molecule has 1 aromatic carbocycles. The zero-order valence-corrected chi connectivity index (χ0v) is 8.86. The first-order valence-electron chi connectivity index (χ1n) is 6.40. The molecule has 0 spiro atoms. The second-order valence-electron chi connectivity index (χ2n) is 3.52. The van der Waals surface area contributed by atoms with Gasteiger partial charge >= 0.3 is 0 Å². The minimum atomic E-state index is -2.52. The quantitative estimate of drug-likeness (QED) is 0.866. The fourth-order valence-corrected chi connectivity index (χ4v) is 1.61. The van der Waals surface area contributed by atoms with Crippen LogP contribution in [0.5, 0.6) is 5.75 Å². The van der Waals surface area contributed by atoms with Gasteiger partial charge in [0.25, 0.3) is 0 Å². The van der Waals surface area contributed by atoms with Crippen LogP contribution in [0, 0.1) is 6.92 Å². The number of hydrogen-bond donors (Lipinski definition) is 1. The highest BCUT2D eigenvalue weighted by Crippen LogP contribution is 2.30. The fourth-order valence-electron chi connectivity index (χ4n) is 1.61. The van der Waals surface area contributed by atoms with Gasteiger partial charge in [-0.05, 0) is 36.8 Å². The summed E-state index contributed by atoms with van der Waals surface area (Å²) < 4.78 is 31.9. The van der Waals surface area contributed by atoms with Gasteiger partial charge in [0.05, 0.1) is 17.8 Å². The number of hydrogen-bond acceptors (Lipinski definition) is 3. The molecule has 1 heterocycles. The van der Waals surface area contributed by atoms with Crippen LogP contribution in [0.1, 0.15) is 15.4 Å². The Hall–Kier alpha value is -1.74. The Morgan fingerprint density at radius 2 is 2.38 bits per heavy atom. The van der Waals surface area contributed by atoms with Gasteiger partial charge in [-0.3, -0.25) is 0 Å². The second kappa shape index (κ2) is 4.41. The Morgan fingerprint density at radius 1 is 1.50 bits per heavy atom. The maximum absolute atomic E-state index is 8.73. The first kappa shape index (κ1) is 7.52. The number of aliphatic hydroxyl groups is 1. The van der Waals surface area contributed by atoms with Gasteiger partial charge in [0.1, 0.15) is 5.76 Å². The Bertz CT molecular complexity index is 611.